The van der Waals surface area contributed by atoms with Gasteiger partial charge in [-0.15, -0.1) is 11.3 Å². The normalized spacial score (nSPS) is 13.4. The molecule has 45 heavy (non-hydrogen) atoms. The van der Waals surface area contributed by atoms with E-state index < -0.39 is 10.0 Å². The Balaban J connectivity index is 1.41. The summed E-state index contributed by atoms with van der Waals surface area (Å²) in [4.78, 5) is 28.2. The molecule has 11 nitrogen and oxygen atoms in total. The molecule has 0 amide bonds. The Morgan fingerprint density at radius 2 is 1.87 bits per heavy atom. The minimum Gasteiger partial charge on any atom is -0.495 e. The molecule has 4 aromatic heterocycles. The fourth-order valence-electron chi connectivity index (χ4n) is 5.91. The van der Waals surface area contributed by atoms with E-state index in [9.17, 15) is 13.2 Å². The minimum absolute atomic E-state index is 0.134. The van der Waals surface area contributed by atoms with Gasteiger partial charge in [0.2, 0.25) is 5.95 Å². The summed E-state index contributed by atoms with van der Waals surface area (Å²) < 4.78 is 36.5. The average molecular weight is 644 g/mol. The van der Waals surface area contributed by atoms with Crippen LogP contribution in [0.4, 0.5) is 17.3 Å². The number of methoxy groups -OCH3 is 1. The Kier molecular flexibility index (Phi) is 7.26. The van der Waals surface area contributed by atoms with Crippen molar-refractivity contribution >= 4 is 65.6 Å². The van der Waals surface area contributed by atoms with Crippen LogP contribution in [0.15, 0.2) is 69.8 Å². The Hall–Kier alpha value is -4.46. The van der Waals surface area contributed by atoms with Crippen molar-refractivity contribution in [3.05, 3.63) is 81.6 Å². The molecule has 0 aliphatic carbocycles. The number of aryl methyl sites for hydroxylation is 1. The first-order valence-electron chi connectivity index (χ1n) is 14.7. The first kappa shape index (κ1) is 29.3. The van der Waals surface area contributed by atoms with Gasteiger partial charge in [-0.05, 0) is 87.7 Å². The van der Waals surface area contributed by atoms with E-state index in [-0.39, 0.29) is 22.1 Å². The molecule has 1 aliphatic rings. The first-order valence-corrected chi connectivity index (χ1v) is 17.0. The number of nitrogens with zero attached hydrogens (tertiary/aromatic N) is 6. The minimum atomic E-state index is -4.00. The van der Waals surface area contributed by atoms with E-state index in [0.29, 0.717) is 32.7 Å². The molecule has 6 aromatic rings. The monoisotopic (exact) mass is 643 g/mol. The van der Waals surface area contributed by atoms with Gasteiger partial charge < -0.3 is 19.9 Å². The second kappa shape index (κ2) is 11.2. The van der Waals surface area contributed by atoms with Crippen LogP contribution >= 0.6 is 11.3 Å². The highest BCUT2D eigenvalue weighted by molar-refractivity contribution is 7.90. The second-order valence-electron chi connectivity index (χ2n) is 11.5. The quantitative estimate of drug-likeness (QED) is 0.236. The van der Waals surface area contributed by atoms with Crippen molar-refractivity contribution in [2.24, 2.45) is 0 Å². The zero-order valence-corrected chi connectivity index (χ0v) is 27.1. The largest absolute Gasteiger partial charge is 0.495 e. The maximum atomic E-state index is 13.9. The highest BCUT2D eigenvalue weighted by atomic mass is 32.2. The summed E-state index contributed by atoms with van der Waals surface area (Å²) >= 11 is 1.30. The Morgan fingerprint density at radius 1 is 1.07 bits per heavy atom. The lowest BCUT2D eigenvalue weighted by Gasteiger charge is -2.22. The van der Waals surface area contributed by atoms with Crippen LogP contribution in [0.5, 0.6) is 5.75 Å². The van der Waals surface area contributed by atoms with Gasteiger partial charge in [-0.25, -0.2) is 21.8 Å². The van der Waals surface area contributed by atoms with Gasteiger partial charge in [0.1, 0.15) is 10.4 Å². The topological polar surface area (TPSA) is 114 Å². The van der Waals surface area contributed by atoms with Crippen LogP contribution in [0.25, 0.3) is 26.9 Å². The van der Waals surface area contributed by atoms with Gasteiger partial charge in [0, 0.05) is 25.0 Å². The van der Waals surface area contributed by atoms with Crippen LogP contribution in [0.1, 0.15) is 17.5 Å². The molecule has 1 N–H and O–H groups in total. The van der Waals surface area contributed by atoms with E-state index in [4.69, 9.17) is 14.7 Å². The molecule has 7 rings (SSSR count). The number of thiophene rings is 1. The molecule has 2 aromatic carbocycles. The van der Waals surface area contributed by atoms with Gasteiger partial charge in [0.25, 0.3) is 15.6 Å². The third-order valence-corrected chi connectivity index (χ3v) is 10.8. The number of fused-ring (bicyclic) bond motifs is 5. The molecule has 1 aliphatic heterocycles. The molecule has 0 fully saturated rings. The Bertz CT molecular complexity index is 2250. The summed E-state index contributed by atoms with van der Waals surface area (Å²) in [6, 6.07) is 14.1. The van der Waals surface area contributed by atoms with Gasteiger partial charge in [-0.2, -0.15) is 4.98 Å². The number of benzene rings is 2. The number of anilines is 3. The molecular weight excluding hydrogens is 611 g/mol. The number of nitrogens with one attached hydrogen (secondary N) is 1. The van der Waals surface area contributed by atoms with Crippen LogP contribution in [-0.2, 0) is 16.4 Å². The highest BCUT2D eigenvalue weighted by Crippen LogP contribution is 2.39. The molecule has 5 heterocycles. The predicted octanol–water partition coefficient (Wildman–Crippen LogP) is 4.87. The van der Waals surface area contributed by atoms with Crippen molar-refractivity contribution in [3.63, 3.8) is 0 Å². The smallest absolute Gasteiger partial charge is 0.278 e. The fourth-order valence-corrected chi connectivity index (χ4v) is 7.96. The van der Waals surface area contributed by atoms with Gasteiger partial charge in [0.05, 0.1) is 28.6 Å². The summed E-state index contributed by atoms with van der Waals surface area (Å²) in [6.45, 7) is 4.71. The van der Waals surface area contributed by atoms with Crippen LogP contribution in [-0.4, -0.2) is 72.5 Å². The molecule has 0 unspecified atom stereocenters. The number of hydrogen-bond acceptors (Lipinski definition) is 10. The number of ether oxygens (including phenoxy) is 1. The molecule has 0 atom stereocenters. The lowest BCUT2D eigenvalue weighted by molar-refractivity contribution is 0.401. The Morgan fingerprint density at radius 3 is 2.62 bits per heavy atom. The van der Waals surface area contributed by atoms with Crippen LogP contribution in [0.3, 0.4) is 0 Å². The average Bonchev–Trinajstić information content (AvgIpc) is 3.76. The van der Waals surface area contributed by atoms with Gasteiger partial charge in [0.15, 0.2) is 11.3 Å². The molecule has 0 spiro atoms. The van der Waals surface area contributed by atoms with E-state index in [1.807, 2.05) is 24.4 Å². The second-order valence-corrected chi connectivity index (χ2v) is 14.2. The summed E-state index contributed by atoms with van der Waals surface area (Å²) in [5, 5.41) is 5.60. The molecule has 13 heteroatoms. The number of aromatic nitrogens is 4. The molecule has 0 radical (unpaired) electrons. The van der Waals surface area contributed by atoms with Crippen molar-refractivity contribution < 1.29 is 13.2 Å². The van der Waals surface area contributed by atoms with Gasteiger partial charge >= 0.3 is 0 Å². The van der Waals surface area contributed by atoms with Gasteiger partial charge in [-0.1, -0.05) is 17.7 Å². The lowest BCUT2D eigenvalue weighted by Crippen LogP contribution is -2.25. The Labute approximate surface area is 264 Å². The highest BCUT2D eigenvalue weighted by Gasteiger charge is 2.26. The summed E-state index contributed by atoms with van der Waals surface area (Å²) in [5.41, 5.74) is 4.56. The van der Waals surface area contributed by atoms with E-state index >= 15 is 0 Å². The summed E-state index contributed by atoms with van der Waals surface area (Å²) in [6.07, 6.45) is 3.39. The number of hydrogen-bond donors (Lipinski definition) is 1. The summed E-state index contributed by atoms with van der Waals surface area (Å²) in [7, 11) is 1.74. The fraction of sp³-hybridized carbons (Fsp3) is 0.281. The molecule has 0 bridgehead atoms. The lowest BCUT2D eigenvalue weighted by atomic mass is 10.1. The maximum Gasteiger partial charge on any atom is 0.278 e. The van der Waals surface area contributed by atoms with Crippen molar-refractivity contribution in [3.8, 4) is 5.75 Å². The third-order valence-electron chi connectivity index (χ3n) is 8.22. The predicted molar refractivity (Wildman–Crippen MR) is 179 cm³/mol. The summed E-state index contributed by atoms with van der Waals surface area (Å²) in [5.74, 6) is 0.736. The van der Waals surface area contributed by atoms with Crippen molar-refractivity contribution in [1.82, 2.24) is 23.2 Å². The molecule has 0 saturated carbocycles. The first-order chi connectivity index (χ1) is 21.7. The van der Waals surface area contributed by atoms with Crippen molar-refractivity contribution in [2.75, 3.05) is 51.1 Å². The zero-order valence-electron chi connectivity index (χ0n) is 25.4. The van der Waals surface area contributed by atoms with E-state index in [1.54, 1.807) is 43.5 Å². The van der Waals surface area contributed by atoms with Crippen LogP contribution in [0.2, 0.25) is 0 Å². The molecule has 0 saturated heterocycles. The van der Waals surface area contributed by atoms with E-state index in [0.717, 1.165) is 47.7 Å². The third kappa shape index (κ3) is 5.00. The molecular formula is C32H33N7O4S2. The zero-order chi connectivity index (χ0) is 31.5. The van der Waals surface area contributed by atoms with Crippen molar-refractivity contribution in [2.45, 2.75) is 24.7 Å². The van der Waals surface area contributed by atoms with Crippen LogP contribution in [0, 0.1) is 6.92 Å². The SMILES string of the molecule is COc1cc2c(cc1Nc1nc3c(ccn3S(=O)(=O)c3ccc(C)cc3)c3nc4ccsc4c(=O)n13)N(CCCN(C)C)CC2. The van der Waals surface area contributed by atoms with E-state index in [2.05, 4.69) is 29.2 Å². The van der Waals surface area contributed by atoms with Gasteiger partial charge in [-0.3, -0.25) is 4.79 Å². The molecule has 232 valence electrons. The van der Waals surface area contributed by atoms with Crippen molar-refractivity contribution in [1.29, 1.82) is 0 Å². The van der Waals surface area contributed by atoms with E-state index in [1.165, 1.54) is 27.5 Å². The maximum absolute atomic E-state index is 13.9. The number of rotatable bonds is 9. The standard InChI is InChI=1S/C32H33N7O4S2/c1-20-6-8-22(9-7-20)45(41,42)38-16-11-23-29(38)35-32(39-30(23)33-24-12-17-44-28(24)31(39)40)34-25-19-26-21(18-27(25)43-4)10-15-37(26)14-5-13-36(2)3/h6-9,11-12,16-19H,5,10,13-15H2,1-4H3,(H,34,35). The van der Waals surface area contributed by atoms with Crippen LogP contribution < -0.4 is 20.5 Å².